The van der Waals surface area contributed by atoms with Gasteiger partial charge in [0.2, 0.25) is 0 Å². The maximum absolute atomic E-state index is 10.6. The number of carbonyl (C=O) groups is 1. The van der Waals surface area contributed by atoms with Gasteiger partial charge in [-0.25, -0.2) is 4.79 Å². The van der Waals surface area contributed by atoms with E-state index in [4.69, 9.17) is 16.7 Å². The van der Waals surface area contributed by atoms with E-state index in [0.717, 1.165) is 22.3 Å². The molecule has 0 aliphatic heterocycles. The maximum atomic E-state index is 10.6. The van der Waals surface area contributed by atoms with Gasteiger partial charge in [-0.05, 0) is 42.2 Å². The van der Waals surface area contributed by atoms with Gasteiger partial charge in [0.25, 0.3) is 0 Å². The first kappa shape index (κ1) is 14.4. The number of hydrogen-bond donors (Lipinski definition) is 1. The van der Waals surface area contributed by atoms with E-state index in [1.807, 2.05) is 55.5 Å². The molecule has 2 nitrogen and oxygen atoms in total. The molecule has 0 fully saturated rings. The van der Waals surface area contributed by atoms with Gasteiger partial charge in [-0.15, -0.1) is 0 Å². The van der Waals surface area contributed by atoms with Crippen LogP contribution in [0.3, 0.4) is 0 Å². The number of rotatable bonds is 4. The summed E-state index contributed by atoms with van der Waals surface area (Å²) in [5.74, 6) is -0.905. The molecule has 1 N–H and O–H groups in total. The molecule has 2 aromatic carbocycles. The second-order valence-electron chi connectivity index (χ2n) is 4.71. The molecule has 0 saturated heterocycles. The summed E-state index contributed by atoms with van der Waals surface area (Å²) >= 11 is 5.98. The molecular formula is C17H15ClO2. The summed E-state index contributed by atoms with van der Waals surface area (Å²) in [6.45, 7) is 1.82. The van der Waals surface area contributed by atoms with Crippen molar-refractivity contribution in [3.05, 3.63) is 70.8 Å². The number of benzene rings is 2. The SMILES string of the molecule is C/C(=C\C(=O)O)Cc1ccc(-c2cccc(Cl)c2)cc1. The zero-order valence-electron chi connectivity index (χ0n) is 11.1. The standard InChI is InChI=1S/C17H15ClO2/c1-12(10-17(19)20)9-13-5-7-14(8-6-13)15-3-2-4-16(18)11-15/h2-8,10-11H,9H2,1H3,(H,19,20)/b12-10+. The fourth-order valence-corrected chi connectivity index (χ4v) is 2.26. The van der Waals surface area contributed by atoms with E-state index < -0.39 is 5.97 Å². The normalized spacial score (nSPS) is 11.4. The summed E-state index contributed by atoms with van der Waals surface area (Å²) in [7, 11) is 0. The average molecular weight is 287 g/mol. The number of hydrogen-bond acceptors (Lipinski definition) is 1. The third-order valence-corrected chi connectivity index (χ3v) is 3.20. The van der Waals surface area contributed by atoms with Crippen LogP contribution in [0.2, 0.25) is 5.02 Å². The van der Waals surface area contributed by atoms with Crippen LogP contribution in [0.1, 0.15) is 12.5 Å². The highest BCUT2D eigenvalue weighted by Crippen LogP contribution is 2.23. The van der Waals surface area contributed by atoms with Gasteiger partial charge in [0.05, 0.1) is 0 Å². The van der Waals surface area contributed by atoms with E-state index in [9.17, 15) is 4.79 Å². The third kappa shape index (κ3) is 3.97. The van der Waals surface area contributed by atoms with Crippen molar-refractivity contribution in [3.8, 4) is 11.1 Å². The van der Waals surface area contributed by atoms with Crippen LogP contribution in [0.25, 0.3) is 11.1 Å². The zero-order valence-corrected chi connectivity index (χ0v) is 11.9. The number of carboxylic acids is 1. The lowest BCUT2D eigenvalue weighted by Crippen LogP contribution is -1.93. The molecule has 0 aliphatic rings. The summed E-state index contributed by atoms with van der Waals surface area (Å²) < 4.78 is 0. The Labute approximate surface area is 123 Å². The van der Waals surface area contributed by atoms with E-state index in [-0.39, 0.29) is 0 Å². The Morgan fingerprint density at radius 1 is 1.15 bits per heavy atom. The molecule has 0 spiro atoms. The minimum atomic E-state index is -0.905. The molecule has 0 saturated carbocycles. The fraction of sp³-hybridized carbons (Fsp3) is 0.118. The molecule has 0 aromatic heterocycles. The van der Waals surface area contributed by atoms with E-state index in [1.165, 1.54) is 6.08 Å². The Hall–Kier alpha value is -2.06. The highest BCUT2D eigenvalue weighted by molar-refractivity contribution is 6.30. The summed E-state index contributed by atoms with van der Waals surface area (Å²) in [5.41, 5.74) is 4.08. The highest BCUT2D eigenvalue weighted by Gasteiger charge is 2.01. The van der Waals surface area contributed by atoms with E-state index in [1.54, 1.807) is 0 Å². The van der Waals surface area contributed by atoms with E-state index >= 15 is 0 Å². The number of halogens is 1. The first-order chi connectivity index (χ1) is 9.54. The Balaban J connectivity index is 2.16. The van der Waals surface area contributed by atoms with Gasteiger partial charge in [-0.1, -0.05) is 53.6 Å². The summed E-state index contributed by atoms with van der Waals surface area (Å²) in [6, 6.07) is 15.8. The molecule has 2 rings (SSSR count). The predicted octanol–water partition coefficient (Wildman–Crippen LogP) is 4.58. The van der Waals surface area contributed by atoms with Crippen molar-refractivity contribution in [2.75, 3.05) is 0 Å². The van der Waals surface area contributed by atoms with E-state index in [2.05, 4.69) is 0 Å². The first-order valence-electron chi connectivity index (χ1n) is 6.29. The highest BCUT2D eigenvalue weighted by atomic mass is 35.5. The second kappa shape index (κ2) is 6.40. The van der Waals surface area contributed by atoms with Crippen molar-refractivity contribution in [2.24, 2.45) is 0 Å². The maximum Gasteiger partial charge on any atom is 0.328 e. The van der Waals surface area contributed by atoms with Crippen molar-refractivity contribution >= 4 is 17.6 Å². The molecule has 0 atom stereocenters. The predicted molar refractivity (Wildman–Crippen MR) is 82.0 cm³/mol. The molecule has 0 aliphatic carbocycles. The number of aliphatic carboxylic acids is 1. The Kier molecular flexibility index (Phi) is 4.59. The first-order valence-corrected chi connectivity index (χ1v) is 6.67. The van der Waals surface area contributed by atoms with Gasteiger partial charge < -0.3 is 5.11 Å². The van der Waals surface area contributed by atoms with Crippen molar-refractivity contribution in [2.45, 2.75) is 13.3 Å². The Bertz CT molecular complexity index is 642. The fourth-order valence-electron chi connectivity index (χ4n) is 2.07. The average Bonchev–Trinajstić information content (AvgIpc) is 2.38. The molecule has 3 heteroatoms. The Morgan fingerprint density at radius 3 is 2.45 bits per heavy atom. The second-order valence-corrected chi connectivity index (χ2v) is 5.15. The summed E-state index contributed by atoms with van der Waals surface area (Å²) in [6.07, 6.45) is 1.88. The third-order valence-electron chi connectivity index (χ3n) is 2.96. The number of carboxylic acid groups (broad SMARTS) is 1. The Morgan fingerprint density at radius 2 is 1.85 bits per heavy atom. The van der Waals surface area contributed by atoms with Crippen LogP contribution < -0.4 is 0 Å². The van der Waals surface area contributed by atoms with Crippen LogP contribution in [-0.2, 0) is 11.2 Å². The number of allylic oxidation sites excluding steroid dienone is 1. The van der Waals surface area contributed by atoms with E-state index in [0.29, 0.717) is 11.4 Å². The van der Waals surface area contributed by atoms with Crippen molar-refractivity contribution in [1.29, 1.82) is 0 Å². The van der Waals surface area contributed by atoms with Crippen molar-refractivity contribution in [3.63, 3.8) is 0 Å². The largest absolute Gasteiger partial charge is 0.478 e. The monoisotopic (exact) mass is 286 g/mol. The zero-order chi connectivity index (χ0) is 14.5. The van der Waals surface area contributed by atoms with Gasteiger partial charge >= 0.3 is 5.97 Å². The minimum Gasteiger partial charge on any atom is -0.478 e. The van der Waals surface area contributed by atoms with Gasteiger partial charge in [0, 0.05) is 11.1 Å². The van der Waals surface area contributed by atoms with Crippen LogP contribution in [0.4, 0.5) is 0 Å². The lowest BCUT2D eigenvalue weighted by molar-refractivity contribution is -0.131. The van der Waals surface area contributed by atoms with Gasteiger partial charge in [0.1, 0.15) is 0 Å². The van der Waals surface area contributed by atoms with Crippen LogP contribution in [0.5, 0.6) is 0 Å². The molecule has 2 aromatic rings. The quantitative estimate of drug-likeness (QED) is 0.835. The molecule has 0 heterocycles. The van der Waals surface area contributed by atoms with Gasteiger partial charge in [-0.3, -0.25) is 0 Å². The lowest BCUT2D eigenvalue weighted by Gasteiger charge is -2.05. The molecule has 102 valence electrons. The molecule has 20 heavy (non-hydrogen) atoms. The summed E-state index contributed by atoms with van der Waals surface area (Å²) in [5, 5.41) is 9.41. The topological polar surface area (TPSA) is 37.3 Å². The molecule has 0 radical (unpaired) electrons. The van der Waals surface area contributed by atoms with Crippen LogP contribution >= 0.6 is 11.6 Å². The molecular weight excluding hydrogens is 272 g/mol. The van der Waals surface area contributed by atoms with Crippen molar-refractivity contribution < 1.29 is 9.90 Å². The van der Waals surface area contributed by atoms with Crippen LogP contribution in [0, 0.1) is 0 Å². The summed E-state index contributed by atoms with van der Waals surface area (Å²) in [4.78, 5) is 10.6. The smallest absolute Gasteiger partial charge is 0.328 e. The van der Waals surface area contributed by atoms with Gasteiger partial charge in [-0.2, -0.15) is 0 Å². The van der Waals surface area contributed by atoms with Crippen LogP contribution in [-0.4, -0.2) is 11.1 Å². The van der Waals surface area contributed by atoms with Gasteiger partial charge in [0.15, 0.2) is 0 Å². The van der Waals surface area contributed by atoms with Crippen molar-refractivity contribution in [1.82, 2.24) is 0 Å². The minimum absolute atomic E-state index is 0.641. The lowest BCUT2D eigenvalue weighted by atomic mass is 10.0. The molecule has 0 unspecified atom stereocenters. The molecule has 0 amide bonds. The molecule has 0 bridgehead atoms. The van der Waals surface area contributed by atoms with Crippen LogP contribution in [0.15, 0.2) is 60.2 Å².